The zero-order valence-electron chi connectivity index (χ0n) is 13.4. The van der Waals surface area contributed by atoms with Gasteiger partial charge in [0.2, 0.25) is 5.91 Å². The van der Waals surface area contributed by atoms with Gasteiger partial charge in [-0.2, -0.15) is 0 Å². The summed E-state index contributed by atoms with van der Waals surface area (Å²) in [4.78, 5) is 25.4. The van der Waals surface area contributed by atoms with Gasteiger partial charge < -0.3 is 10.0 Å². The number of piperidine rings is 1. The SMILES string of the molecule is CCC(CC(=O)N1CCCC(C(=O)O)C1)c1ccc(C)cc1. The molecule has 1 aromatic rings. The Morgan fingerprint density at radius 3 is 2.59 bits per heavy atom. The lowest BCUT2D eigenvalue weighted by Gasteiger charge is -2.31. The summed E-state index contributed by atoms with van der Waals surface area (Å²) in [6.45, 7) is 5.19. The summed E-state index contributed by atoms with van der Waals surface area (Å²) in [5.41, 5.74) is 2.40. The summed E-state index contributed by atoms with van der Waals surface area (Å²) < 4.78 is 0. The molecule has 0 saturated carbocycles. The topological polar surface area (TPSA) is 57.6 Å². The summed E-state index contributed by atoms with van der Waals surface area (Å²) in [7, 11) is 0. The number of amides is 1. The van der Waals surface area contributed by atoms with E-state index < -0.39 is 11.9 Å². The molecule has 1 aliphatic heterocycles. The molecule has 4 heteroatoms. The number of hydrogen-bond donors (Lipinski definition) is 1. The van der Waals surface area contributed by atoms with Crippen molar-refractivity contribution in [1.29, 1.82) is 0 Å². The highest BCUT2D eigenvalue weighted by Crippen LogP contribution is 2.26. The minimum atomic E-state index is -0.789. The Labute approximate surface area is 132 Å². The number of benzene rings is 1. The van der Waals surface area contributed by atoms with E-state index in [2.05, 4.69) is 38.1 Å². The number of carbonyl (C=O) groups is 2. The molecule has 0 radical (unpaired) electrons. The van der Waals surface area contributed by atoms with Gasteiger partial charge in [-0.25, -0.2) is 0 Å². The Morgan fingerprint density at radius 2 is 2.00 bits per heavy atom. The number of likely N-dealkylation sites (tertiary alicyclic amines) is 1. The Morgan fingerprint density at radius 1 is 1.32 bits per heavy atom. The van der Waals surface area contributed by atoms with Crippen molar-refractivity contribution in [3.8, 4) is 0 Å². The van der Waals surface area contributed by atoms with Gasteiger partial charge in [0, 0.05) is 19.5 Å². The fourth-order valence-electron chi connectivity index (χ4n) is 3.08. The summed E-state index contributed by atoms with van der Waals surface area (Å²) in [5, 5.41) is 9.13. The Balaban J connectivity index is 1.99. The zero-order chi connectivity index (χ0) is 16.1. The molecule has 2 rings (SSSR count). The molecule has 1 aromatic carbocycles. The average Bonchev–Trinajstić information content (AvgIpc) is 2.53. The van der Waals surface area contributed by atoms with Crippen LogP contribution < -0.4 is 0 Å². The number of rotatable bonds is 5. The van der Waals surface area contributed by atoms with Crippen LogP contribution in [0, 0.1) is 12.8 Å². The van der Waals surface area contributed by atoms with Gasteiger partial charge in [0.05, 0.1) is 5.92 Å². The van der Waals surface area contributed by atoms with Crippen molar-refractivity contribution >= 4 is 11.9 Å². The molecule has 1 N–H and O–H groups in total. The molecule has 0 aromatic heterocycles. The molecule has 1 aliphatic rings. The molecule has 1 saturated heterocycles. The van der Waals surface area contributed by atoms with Crippen LogP contribution in [0.1, 0.15) is 49.7 Å². The second-order valence-corrected chi connectivity index (χ2v) is 6.24. The normalized spacial score (nSPS) is 19.7. The minimum absolute atomic E-state index is 0.0818. The molecule has 4 nitrogen and oxygen atoms in total. The van der Waals surface area contributed by atoms with Crippen molar-refractivity contribution in [2.24, 2.45) is 5.92 Å². The van der Waals surface area contributed by atoms with Crippen LogP contribution in [0.2, 0.25) is 0 Å². The summed E-state index contributed by atoms with van der Waals surface area (Å²) in [6, 6.07) is 8.33. The molecular weight excluding hydrogens is 278 g/mol. The zero-order valence-corrected chi connectivity index (χ0v) is 13.4. The number of carboxylic acid groups (broad SMARTS) is 1. The Hall–Kier alpha value is -1.84. The highest BCUT2D eigenvalue weighted by Gasteiger charge is 2.29. The molecule has 0 spiro atoms. The number of carbonyl (C=O) groups excluding carboxylic acids is 1. The van der Waals surface area contributed by atoms with Crippen LogP contribution in [0.4, 0.5) is 0 Å². The van der Waals surface area contributed by atoms with E-state index in [0.717, 1.165) is 12.8 Å². The van der Waals surface area contributed by atoms with E-state index in [9.17, 15) is 9.59 Å². The van der Waals surface area contributed by atoms with Crippen molar-refractivity contribution in [3.63, 3.8) is 0 Å². The largest absolute Gasteiger partial charge is 0.481 e. The molecule has 0 aliphatic carbocycles. The molecule has 2 unspecified atom stereocenters. The van der Waals surface area contributed by atoms with Gasteiger partial charge in [-0.3, -0.25) is 9.59 Å². The van der Waals surface area contributed by atoms with Gasteiger partial charge in [-0.05, 0) is 37.7 Å². The van der Waals surface area contributed by atoms with Crippen LogP contribution in [0.15, 0.2) is 24.3 Å². The lowest BCUT2D eigenvalue weighted by molar-refractivity contribution is -0.145. The van der Waals surface area contributed by atoms with Gasteiger partial charge in [0.15, 0.2) is 0 Å². The third-order valence-electron chi connectivity index (χ3n) is 4.59. The van der Waals surface area contributed by atoms with Crippen LogP contribution in [0.25, 0.3) is 0 Å². The monoisotopic (exact) mass is 303 g/mol. The number of carboxylic acids is 1. The van der Waals surface area contributed by atoms with Crippen LogP contribution >= 0.6 is 0 Å². The quantitative estimate of drug-likeness (QED) is 0.908. The van der Waals surface area contributed by atoms with E-state index in [-0.39, 0.29) is 11.8 Å². The Bertz CT molecular complexity index is 524. The van der Waals surface area contributed by atoms with Gasteiger partial charge in [-0.1, -0.05) is 36.8 Å². The number of aryl methyl sites for hydroxylation is 1. The third-order valence-corrected chi connectivity index (χ3v) is 4.59. The van der Waals surface area contributed by atoms with E-state index >= 15 is 0 Å². The highest BCUT2D eigenvalue weighted by molar-refractivity contribution is 5.78. The van der Waals surface area contributed by atoms with E-state index in [1.54, 1.807) is 4.90 Å². The first-order valence-corrected chi connectivity index (χ1v) is 8.08. The standard InChI is InChI=1S/C18H25NO3/c1-3-14(15-8-6-13(2)7-9-15)11-17(20)19-10-4-5-16(12-19)18(21)22/h6-9,14,16H,3-5,10-12H2,1-2H3,(H,21,22). The first-order chi connectivity index (χ1) is 10.5. The minimum Gasteiger partial charge on any atom is -0.481 e. The van der Waals surface area contributed by atoms with E-state index in [0.29, 0.717) is 25.9 Å². The van der Waals surface area contributed by atoms with E-state index in [1.807, 2.05) is 0 Å². The van der Waals surface area contributed by atoms with Gasteiger partial charge >= 0.3 is 5.97 Å². The van der Waals surface area contributed by atoms with Crippen LogP contribution in [-0.2, 0) is 9.59 Å². The average molecular weight is 303 g/mol. The molecule has 1 heterocycles. The van der Waals surface area contributed by atoms with E-state index in [1.165, 1.54) is 11.1 Å². The Kier molecular flexibility index (Phi) is 5.58. The fourth-order valence-corrected chi connectivity index (χ4v) is 3.08. The molecule has 1 amide bonds. The van der Waals surface area contributed by atoms with Crippen LogP contribution in [0.5, 0.6) is 0 Å². The molecule has 0 bridgehead atoms. The summed E-state index contributed by atoms with van der Waals surface area (Å²) in [5.74, 6) is -0.906. The number of hydrogen-bond acceptors (Lipinski definition) is 2. The maximum Gasteiger partial charge on any atom is 0.308 e. The van der Waals surface area contributed by atoms with Crippen LogP contribution in [-0.4, -0.2) is 35.0 Å². The molecule has 2 atom stereocenters. The van der Waals surface area contributed by atoms with Crippen molar-refractivity contribution in [2.75, 3.05) is 13.1 Å². The van der Waals surface area contributed by atoms with Crippen molar-refractivity contribution in [2.45, 2.75) is 45.4 Å². The lowest BCUT2D eigenvalue weighted by atomic mass is 9.91. The van der Waals surface area contributed by atoms with Crippen molar-refractivity contribution < 1.29 is 14.7 Å². The summed E-state index contributed by atoms with van der Waals surface area (Å²) in [6.07, 6.45) is 2.83. The van der Waals surface area contributed by atoms with Crippen molar-refractivity contribution in [1.82, 2.24) is 4.90 Å². The van der Waals surface area contributed by atoms with Gasteiger partial charge in [-0.15, -0.1) is 0 Å². The maximum absolute atomic E-state index is 12.5. The van der Waals surface area contributed by atoms with E-state index in [4.69, 9.17) is 5.11 Å². The molecule has 1 fully saturated rings. The second-order valence-electron chi connectivity index (χ2n) is 6.24. The van der Waals surface area contributed by atoms with Crippen LogP contribution in [0.3, 0.4) is 0 Å². The lowest BCUT2D eigenvalue weighted by Crippen LogP contribution is -2.42. The molecule has 120 valence electrons. The summed E-state index contributed by atoms with van der Waals surface area (Å²) >= 11 is 0. The first-order valence-electron chi connectivity index (χ1n) is 8.08. The second kappa shape index (κ2) is 7.43. The molecule has 22 heavy (non-hydrogen) atoms. The number of aliphatic carboxylic acids is 1. The van der Waals surface area contributed by atoms with Crippen molar-refractivity contribution in [3.05, 3.63) is 35.4 Å². The van der Waals surface area contributed by atoms with Gasteiger partial charge in [0.1, 0.15) is 0 Å². The fraction of sp³-hybridized carbons (Fsp3) is 0.556. The van der Waals surface area contributed by atoms with Gasteiger partial charge in [0.25, 0.3) is 0 Å². The predicted molar refractivity (Wildman–Crippen MR) is 85.8 cm³/mol. The maximum atomic E-state index is 12.5. The number of nitrogens with zero attached hydrogens (tertiary/aromatic N) is 1. The first kappa shape index (κ1) is 16.5. The highest BCUT2D eigenvalue weighted by atomic mass is 16.4. The smallest absolute Gasteiger partial charge is 0.308 e. The molecular formula is C18H25NO3. The third kappa shape index (κ3) is 4.09. The predicted octanol–water partition coefficient (Wildman–Crippen LogP) is 3.20.